The average molecular weight is 638 g/mol. The summed E-state index contributed by atoms with van der Waals surface area (Å²) < 4.78 is 240. The van der Waals surface area contributed by atoms with Crippen molar-refractivity contribution in [1.29, 1.82) is 0 Å². The van der Waals surface area contributed by atoms with E-state index in [4.69, 9.17) is 0 Å². The third kappa shape index (κ3) is 7.25. The molecular weight excluding hydrogens is 629 g/mol. The average Bonchev–Trinajstić information content (AvgIpc) is 2.72. The molecule has 0 aliphatic rings. The maximum absolute atomic E-state index is 13.4. The third-order valence-electron chi connectivity index (χ3n) is 5.09. The Morgan fingerprint density at radius 3 is 0.825 bits per heavy atom. The fourth-order valence-electron chi connectivity index (χ4n) is 3.09. The fraction of sp³-hybridized carbons (Fsp3) is 0.400. The molecule has 40 heavy (non-hydrogen) atoms. The van der Waals surface area contributed by atoms with Crippen molar-refractivity contribution in [3.05, 3.63) is 58.7 Å². The first-order valence-corrected chi connectivity index (χ1v) is 11.2. The minimum Gasteiger partial charge on any atom is -0.373 e. The van der Waals surface area contributed by atoms with Gasteiger partial charge in [0.2, 0.25) is 0 Å². The summed E-state index contributed by atoms with van der Waals surface area (Å²) in [5.74, 6) is 0. The summed E-state index contributed by atoms with van der Waals surface area (Å²) in [5.41, 5.74) is -15.4. The van der Waals surface area contributed by atoms with E-state index >= 15 is 0 Å². The molecule has 0 atom stereocenters. The van der Waals surface area contributed by atoms with Gasteiger partial charge in [-0.05, 0) is 54.9 Å². The summed E-state index contributed by atoms with van der Waals surface area (Å²) in [7, 11) is -4.31. The first-order chi connectivity index (χ1) is 17.5. The highest BCUT2D eigenvalue weighted by Crippen LogP contribution is 2.52. The molecule has 0 heterocycles. The molecule has 20 heteroatoms. The first-order valence-electron chi connectivity index (χ1n) is 9.71. The zero-order valence-electron chi connectivity index (χ0n) is 18.4. The first kappa shape index (κ1) is 33.8. The molecule has 0 bridgehead atoms. The smallest absolute Gasteiger partial charge is 0.373 e. The van der Waals surface area contributed by atoms with Crippen LogP contribution in [0.25, 0.3) is 0 Å². The Kier molecular flexibility index (Phi) is 8.56. The molecule has 0 saturated heterocycles. The van der Waals surface area contributed by atoms with Gasteiger partial charge >= 0.3 is 37.1 Å². The van der Waals surface area contributed by atoms with Crippen LogP contribution >= 0.6 is 7.92 Å². The van der Waals surface area contributed by atoms with E-state index in [1.165, 1.54) is 0 Å². The van der Waals surface area contributed by atoms with Gasteiger partial charge in [-0.3, -0.25) is 0 Å². The predicted octanol–water partition coefficient (Wildman–Crippen LogP) is 8.05. The van der Waals surface area contributed by atoms with E-state index in [9.17, 15) is 84.1 Å². The SMILES string of the molecule is OC(CP(c1cc(C(F)(F)F)cc(C(F)(F)F)c1)c1cc(C(F)(F)F)cc(C(F)(F)F)c1)(C(F)(F)F)C(F)(F)F. The summed E-state index contributed by atoms with van der Waals surface area (Å²) >= 11 is 0. The molecule has 0 fully saturated rings. The molecule has 0 aromatic heterocycles. The van der Waals surface area contributed by atoms with Gasteiger partial charge in [0.25, 0.3) is 5.60 Å². The molecule has 2 aromatic carbocycles. The van der Waals surface area contributed by atoms with Crippen molar-refractivity contribution in [2.45, 2.75) is 42.7 Å². The van der Waals surface area contributed by atoms with Gasteiger partial charge in [0.15, 0.2) is 0 Å². The number of hydrogen-bond donors (Lipinski definition) is 1. The zero-order chi connectivity index (χ0) is 31.5. The second-order valence-corrected chi connectivity index (χ2v) is 10.2. The Morgan fingerprint density at radius 2 is 0.650 bits per heavy atom. The summed E-state index contributed by atoms with van der Waals surface area (Å²) in [4.78, 5) is 0. The van der Waals surface area contributed by atoms with Crippen molar-refractivity contribution in [2.24, 2.45) is 0 Å². The highest BCUT2D eigenvalue weighted by Gasteiger charge is 2.70. The van der Waals surface area contributed by atoms with E-state index < -0.39 is 126 Å². The predicted molar refractivity (Wildman–Crippen MR) is 101 cm³/mol. The number of halogens is 18. The molecule has 226 valence electrons. The minimum atomic E-state index is -6.80. The van der Waals surface area contributed by atoms with E-state index in [2.05, 4.69) is 0 Å². The maximum atomic E-state index is 13.4. The molecule has 0 unspecified atom stereocenters. The molecule has 0 saturated carbocycles. The number of alkyl halides is 18. The second-order valence-electron chi connectivity index (χ2n) is 7.97. The van der Waals surface area contributed by atoms with Crippen LogP contribution in [0.15, 0.2) is 36.4 Å². The number of benzene rings is 2. The van der Waals surface area contributed by atoms with Crippen LogP contribution in [0, 0.1) is 0 Å². The van der Waals surface area contributed by atoms with Crippen molar-refractivity contribution in [1.82, 2.24) is 0 Å². The molecule has 1 N–H and O–H groups in total. The zero-order valence-corrected chi connectivity index (χ0v) is 19.3. The van der Waals surface area contributed by atoms with Crippen molar-refractivity contribution in [3.8, 4) is 0 Å². The van der Waals surface area contributed by atoms with Crippen LogP contribution in [-0.4, -0.2) is 29.2 Å². The van der Waals surface area contributed by atoms with E-state index in [-0.39, 0.29) is 0 Å². The Balaban J connectivity index is 3.10. The largest absolute Gasteiger partial charge is 0.426 e. The maximum Gasteiger partial charge on any atom is 0.426 e. The number of aliphatic hydroxyl groups is 1. The highest BCUT2D eigenvalue weighted by atomic mass is 31.1. The van der Waals surface area contributed by atoms with Crippen LogP contribution in [0.5, 0.6) is 0 Å². The lowest BCUT2D eigenvalue weighted by molar-refractivity contribution is -0.358. The summed E-state index contributed by atoms with van der Waals surface area (Å²) in [6, 6.07) is -3.10. The van der Waals surface area contributed by atoms with Crippen LogP contribution in [0.2, 0.25) is 0 Å². The molecule has 2 aromatic rings. The van der Waals surface area contributed by atoms with Crippen molar-refractivity contribution >= 4 is 18.5 Å². The molecule has 2 rings (SSSR count). The van der Waals surface area contributed by atoms with Crippen molar-refractivity contribution in [3.63, 3.8) is 0 Å². The minimum absolute atomic E-state index is 0.457. The van der Waals surface area contributed by atoms with Crippen LogP contribution in [0.1, 0.15) is 22.3 Å². The Morgan fingerprint density at radius 1 is 0.425 bits per heavy atom. The van der Waals surface area contributed by atoms with Gasteiger partial charge in [0, 0.05) is 6.16 Å². The third-order valence-corrected chi connectivity index (χ3v) is 7.63. The van der Waals surface area contributed by atoms with Crippen LogP contribution in [0.4, 0.5) is 79.0 Å². The summed E-state index contributed by atoms with van der Waals surface area (Å²) in [6.45, 7) is 0. The lowest BCUT2D eigenvalue weighted by Crippen LogP contribution is -2.59. The van der Waals surface area contributed by atoms with Gasteiger partial charge in [-0.25, -0.2) is 0 Å². The van der Waals surface area contributed by atoms with Gasteiger partial charge in [-0.1, -0.05) is 0 Å². The standard InChI is InChI=1S/C20H9F18OP/c21-15(22,23)8-1-9(16(24,25)26)4-12(3-8)40(7-14(39,19(33,34)35)20(36,37)38)13-5-10(17(27,28)29)2-11(6-13)18(30,31)32/h1-6,39H,7H2. The topological polar surface area (TPSA) is 20.2 Å². The van der Waals surface area contributed by atoms with E-state index in [0.29, 0.717) is 0 Å². The Hall–Kier alpha value is -2.43. The fourth-order valence-corrected chi connectivity index (χ4v) is 5.75. The molecule has 0 spiro atoms. The lowest BCUT2D eigenvalue weighted by atomic mass is 10.1. The van der Waals surface area contributed by atoms with E-state index in [1.54, 1.807) is 0 Å². The van der Waals surface area contributed by atoms with Gasteiger partial charge in [-0.15, -0.1) is 0 Å². The Bertz CT molecular complexity index is 1060. The van der Waals surface area contributed by atoms with E-state index in [0.717, 1.165) is 0 Å². The lowest BCUT2D eigenvalue weighted by Gasteiger charge is -2.36. The highest BCUT2D eigenvalue weighted by molar-refractivity contribution is 7.73. The van der Waals surface area contributed by atoms with Gasteiger partial charge in [0.05, 0.1) is 22.3 Å². The number of hydrogen-bond acceptors (Lipinski definition) is 1. The van der Waals surface area contributed by atoms with Crippen molar-refractivity contribution < 1.29 is 84.1 Å². The second kappa shape index (κ2) is 10.1. The molecule has 0 radical (unpaired) electrons. The van der Waals surface area contributed by atoms with Crippen LogP contribution in [-0.2, 0) is 24.7 Å². The van der Waals surface area contributed by atoms with Crippen molar-refractivity contribution in [2.75, 3.05) is 6.16 Å². The number of rotatable bonds is 4. The molecule has 0 aliphatic carbocycles. The normalized spacial score (nSPS) is 14.7. The van der Waals surface area contributed by atoms with Crippen LogP contribution in [0.3, 0.4) is 0 Å². The summed E-state index contributed by atoms with van der Waals surface area (Å²) in [6.07, 6.45) is -39.7. The monoisotopic (exact) mass is 638 g/mol. The summed E-state index contributed by atoms with van der Waals surface area (Å²) in [5, 5.41) is 5.98. The van der Waals surface area contributed by atoms with Gasteiger partial charge in [0.1, 0.15) is 0 Å². The van der Waals surface area contributed by atoms with Gasteiger partial charge < -0.3 is 5.11 Å². The molecule has 0 aliphatic heterocycles. The molecular formula is C20H9F18OP. The van der Waals surface area contributed by atoms with Gasteiger partial charge in [-0.2, -0.15) is 79.0 Å². The van der Waals surface area contributed by atoms with E-state index in [1.807, 2.05) is 0 Å². The van der Waals surface area contributed by atoms with Crippen LogP contribution < -0.4 is 10.6 Å². The molecule has 0 amide bonds. The molecule has 1 nitrogen and oxygen atoms in total. The quantitative estimate of drug-likeness (QED) is 0.266. The Labute approximate surface area is 211 Å².